The van der Waals surface area contributed by atoms with Crippen LogP contribution in [0, 0.1) is 0 Å². The van der Waals surface area contributed by atoms with Crippen LogP contribution in [0.15, 0.2) is 48.5 Å². The fraction of sp³-hybridized carbons (Fsp3) is 0.125. The van der Waals surface area contributed by atoms with Gasteiger partial charge in [-0.05, 0) is 35.4 Å². The van der Waals surface area contributed by atoms with E-state index in [0.29, 0.717) is 11.1 Å². The van der Waals surface area contributed by atoms with Crippen LogP contribution in [0.4, 0.5) is 0 Å². The Labute approximate surface area is 122 Å². The molecule has 21 heavy (non-hydrogen) atoms. The van der Waals surface area contributed by atoms with E-state index in [1.165, 1.54) is 0 Å². The molecule has 0 unspecified atom stereocenters. The molecule has 0 bridgehead atoms. The number of nitrogens with one attached hydrogen (secondary N) is 1. The van der Waals surface area contributed by atoms with E-state index in [1.807, 2.05) is 6.07 Å². The Hall–Kier alpha value is -2.66. The summed E-state index contributed by atoms with van der Waals surface area (Å²) in [6.45, 7) is 0.121. The molecule has 2 aromatic rings. The number of primary amides is 1. The first-order valence-electron chi connectivity index (χ1n) is 6.51. The lowest BCUT2D eigenvalue weighted by molar-refractivity contribution is 0.0943. The van der Waals surface area contributed by atoms with Gasteiger partial charge in [-0.1, -0.05) is 24.3 Å². The first-order valence-corrected chi connectivity index (χ1v) is 6.51. The molecule has 2 aromatic carbocycles. The largest absolute Gasteiger partial charge is 0.395 e. The number of carbonyl (C=O) groups excluding carboxylic acids is 2. The fourth-order valence-electron chi connectivity index (χ4n) is 1.94. The molecule has 5 nitrogen and oxygen atoms in total. The van der Waals surface area contributed by atoms with E-state index in [-0.39, 0.29) is 19.1 Å². The second-order valence-electron chi connectivity index (χ2n) is 4.50. The van der Waals surface area contributed by atoms with E-state index < -0.39 is 5.91 Å². The second-order valence-corrected chi connectivity index (χ2v) is 4.50. The SMILES string of the molecule is NC(=O)c1ccc(-c2cccc(C(=O)NCCO)c2)cc1. The van der Waals surface area contributed by atoms with Crippen molar-refractivity contribution in [1.82, 2.24) is 5.32 Å². The summed E-state index contributed by atoms with van der Waals surface area (Å²) >= 11 is 0. The highest BCUT2D eigenvalue weighted by molar-refractivity contribution is 5.96. The van der Waals surface area contributed by atoms with Gasteiger partial charge >= 0.3 is 0 Å². The van der Waals surface area contributed by atoms with E-state index >= 15 is 0 Å². The number of aliphatic hydroxyl groups excluding tert-OH is 1. The van der Waals surface area contributed by atoms with Crippen molar-refractivity contribution in [2.45, 2.75) is 0 Å². The monoisotopic (exact) mass is 284 g/mol. The Kier molecular flexibility index (Phi) is 4.68. The average Bonchev–Trinajstić information content (AvgIpc) is 2.52. The fourth-order valence-corrected chi connectivity index (χ4v) is 1.94. The van der Waals surface area contributed by atoms with E-state index in [1.54, 1.807) is 42.5 Å². The number of rotatable bonds is 5. The molecule has 0 atom stereocenters. The number of carbonyl (C=O) groups is 2. The van der Waals surface area contributed by atoms with Gasteiger partial charge in [0.25, 0.3) is 5.91 Å². The van der Waals surface area contributed by atoms with Crippen molar-refractivity contribution in [3.8, 4) is 11.1 Å². The van der Waals surface area contributed by atoms with Crippen LogP contribution in [0.5, 0.6) is 0 Å². The molecule has 0 spiro atoms. The number of hydrogen-bond acceptors (Lipinski definition) is 3. The van der Waals surface area contributed by atoms with Crippen molar-refractivity contribution in [3.63, 3.8) is 0 Å². The van der Waals surface area contributed by atoms with Crippen LogP contribution < -0.4 is 11.1 Å². The maximum atomic E-state index is 11.8. The zero-order chi connectivity index (χ0) is 15.2. The minimum atomic E-state index is -0.473. The molecule has 5 heteroatoms. The quantitative estimate of drug-likeness (QED) is 0.769. The summed E-state index contributed by atoms with van der Waals surface area (Å²) in [6.07, 6.45) is 0. The molecule has 0 fully saturated rings. The number of nitrogens with two attached hydrogens (primary N) is 1. The van der Waals surface area contributed by atoms with Gasteiger partial charge in [-0.2, -0.15) is 0 Å². The maximum Gasteiger partial charge on any atom is 0.251 e. The number of aliphatic hydroxyl groups is 1. The molecule has 0 saturated carbocycles. The molecule has 108 valence electrons. The van der Waals surface area contributed by atoms with Crippen molar-refractivity contribution < 1.29 is 14.7 Å². The summed E-state index contributed by atoms with van der Waals surface area (Å²) in [6, 6.07) is 14.0. The average molecular weight is 284 g/mol. The van der Waals surface area contributed by atoms with Crippen LogP contribution in [0.1, 0.15) is 20.7 Å². The third kappa shape index (κ3) is 3.67. The third-order valence-corrected chi connectivity index (χ3v) is 3.02. The molecule has 0 aliphatic carbocycles. The normalized spacial score (nSPS) is 10.1. The minimum absolute atomic E-state index is 0.0972. The molecule has 0 saturated heterocycles. The molecular formula is C16H16N2O3. The van der Waals surface area contributed by atoms with Crippen molar-refractivity contribution in [1.29, 1.82) is 0 Å². The van der Waals surface area contributed by atoms with Crippen LogP contribution in [-0.4, -0.2) is 30.1 Å². The van der Waals surface area contributed by atoms with Crippen LogP contribution in [0.25, 0.3) is 11.1 Å². The van der Waals surface area contributed by atoms with E-state index in [2.05, 4.69) is 5.32 Å². The summed E-state index contributed by atoms with van der Waals surface area (Å²) in [5, 5.41) is 11.3. The third-order valence-electron chi connectivity index (χ3n) is 3.02. The molecule has 0 aliphatic heterocycles. The van der Waals surface area contributed by atoms with Crippen molar-refractivity contribution >= 4 is 11.8 Å². The van der Waals surface area contributed by atoms with Crippen molar-refractivity contribution in [2.24, 2.45) is 5.73 Å². The number of benzene rings is 2. The summed E-state index contributed by atoms with van der Waals surface area (Å²) < 4.78 is 0. The van der Waals surface area contributed by atoms with Gasteiger partial charge < -0.3 is 16.2 Å². The summed E-state index contributed by atoms with van der Waals surface area (Å²) in [7, 11) is 0. The summed E-state index contributed by atoms with van der Waals surface area (Å²) in [4.78, 5) is 22.9. The highest BCUT2D eigenvalue weighted by Crippen LogP contribution is 2.21. The Balaban J connectivity index is 2.24. The standard InChI is InChI=1S/C16H16N2O3/c17-15(20)12-6-4-11(5-7-12)13-2-1-3-14(10-13)16(21)18-8-9-19/h1-7,10,19H,8-9H2,(H2,17,20)(H,18,21). The van der Waals surface area contributed by atoms with E-state index in [9.17, 15) is 9.59 Å². The first-order chi connectivity index (χ1) is 10.1. The van der Waals surface area contributed by atoms with Gasteiger partial charge in [0.05, 0.1) is 6.61 Å². The molecular weight excluding hydrogens is 268 g/mol. The molecule has 2 rings (SSSR count). The maximum absolute atomic E-state index is 11.8. The van der Waals surface area contributed by atoms with Gasteiger partial charge in [0.2, 0.25) is 5.91 Å². The Morgan fingerprint density at radius 2 is 1.71 bits per heavy atom. The molecule has 4 N–H and O–H groups in total. The Morgan fingerprint density at radius 3 is 2.33 bits per heavy atom. The molecule has 0 aromatic heterocycles. The number of amides is 2. The van der Waals surface area contributed by atoms with E-state index in [0.717, 1.165) is 11.1 Å². The van der Waals surface area contributed by atoms with Crippen molar-refractivity contribution in [2.75, 3.05) is 13.2 Å². The molecule has 0 heterocycles. The van der Waals surface area contributed by atoms with E-state index in [4.69, 9.17) is 10.8 Å². The first kappa shape index (κ1) is 14.7. The summed E-state index contributed by atoms with van der Waals surface area (Å²) in [5.74, 6) is -0.710. The predicted molar refractivity (Wildman–Crippen MR) is 79.8 cm³/mol. The van der Waals surface area contributed by atoms with Gasteiger partial charge in [0, 0.05) is 17.7 Å². The Morgan fingerprint density at radius 1 is 1.00 bits per heavy atom. The topological polar surface area (TPSA) is 92.4 Å². The van der Waals surface area contributed by atoms with Gasteiger partial charge in [-0.15, -0.1) is 0 Å². The zero-order valence-electron chi connectivity index (χ0n) is 11.4. The second kappa shape index (κ2) is 6.67. The van der Waals surface area contributed by atoms with Gasteiger partial charge in [-0.25, -0.2) is 0 Å². The van der Waals surface area contributed by atoms with Crippen molar-refractivity contribution in [3.05, 3.63) is 59.7 Å². The molecule has 0 radical (unpaired) electrons. The lowest BCUT2D eigenvalue weighted by Gasteiger charge is -2.07. The lowest BCUT2D eigenvalue weighted by atomic mass is 10.0. The highest BCUT2D eigenvalue weighted by Gasteiger charge is 2.07. The Bertz CT molecular complexity index is 651. The van der Waals surface area contributed by atoms with Gasteiger partial charge in [0.1, 0.15) is 0 Å². The molecule has 0 aliphatic rings. The van der Waals surface area contributed by atoms with Gasteiger partial charge in [0.15, 0.2) is 0 Å². The van der Waals surface area contributed by atoms with Crippen LogP contribution >= 0.6 is 0 Å². The predicted octanol–water partition coefficient (Wildman–Crippen LogP) is 1.17. The smallest absolute Gasteiger partial charge is 0.251 e. The summed E-state index contributed by atoms with van der Waals surface area (Å²) in [5.41, 5.74) is 7.90. The van der Waals surface area contributed by atoms with Crippen LogP contribution in [0.3, 0.4) is 0 Å². The lowest BCUT2D eigenvalue weighted by Crippen LogP contribution is -2.26. The molecule has 2 amide bonds. The number of hydrogen-bond donors (Lipinski definition) is 3. The zero-order valence-corrected chi connectivity index (χ0v) is 11.4. The van der Waals surface area contributed by atoms with Crippen LogP contribution in [-0.2, 0) is 0 Å². The minimum Gasteiger partial charge on any atom is -0.395 e. The highest BCUT2D eigenvalue weighted by atomic mass is 16.3. The van der Waals surface area contributed by atoms with Gasteiger partial charge in [-0.3, -0.25) is 9.59 Å². The van der Waals surface area contributed by atoms with Crippen LogP contribution in [0.2, 0.25) is 0 Å².